The number of ether oxygens (including phenoxy) is 1. The van der Waals surface area contributed by atoms with Crippen LogP contribution in [0.25, 0.3) is 5.69 Å². The molecule has 2 aromatic heterocycles. The van der Waals surface area contributed by atoms with Gasteiger partial charge in [0.25, 0.3) is 5.92 Å². The maximum absolute atomic E-state index is 13.7. The first-order valence-corrected chi connectivity index (χ1v) is 12.0. The van der Waals surface area contributed by atoms with Crippen molar-refractivity contribution in [3.63, 3.8) is 0 Å². The van der Waals surface area contributed by atoms with Crippen molar-refractivity contribution in [3.05, 3.63) is 76.7 Å². The maximum Gasteiger partial charge on any atom is 0.282 e. The third-order valence-corrected chi connectivity index (χ3v) is 6.77. The fraction of sp³-hybridized carbons (Fsp3) is 0.280. The molecule has 6 rings (SSSR count). The number of rotatable bonds is 6. The zero-order chi connectivity index (χ0) is 25.7. The molecule has 1 aliphatic heterocycles. The van der Waals surface area contributed by atoms with Crippen molar-refractivity contribution in [2.75, 3.05) is 30.4 Å². The second kappa shape index (κ2) is 8.91. The van der Waals surface area contributed by atoms with Gasteiger partial charge in [-0.25, -0.2) is 27.8 Å². The van der Waals surface area contributed by atoms with Crippen LogP contribution in [0.1, 0.15) is 29.2 Å². The summed E-state index contributed by atoms with van der Waals surface area (Å²) in [7, 11) is 1.53. The predicted octanol–water partition coefficient (Wildman–Crippen LogP) is 5.14. The zero-order valence-corrected chi connectivity index (χ0v) is 20.4. The maximum atomic E-state index is 13.7. The Bertz CT molecular complexity index is 1470. The van der Waals surface area contributed by atoms with Crippen molar-refractivity contribution in [1.82, 2.24) is 24.7 Å². The van der Waals surface area contributed by atoms with Crippen molar-refractivity contribution >= 4 is 29.1 Å². The second-order valence-corrected chi connectivity index (χ2v) is 9.40. The number of nitrogens with zero attached hydrogens (tertiary/aromatic N) is 6. The Hall–Kier alpha value is -3.86. The normalized spacial score (nSPS) is 17.9. The number of alkyl halides is 2. The van der Waals surface area contributed by atoms with Crippen LogP contribution in [-0.2, 0) is 6.42 Å². The molecule has 2 aromatic carbocycles. The van der Waals surface area contributed by atoms with Gasteiger partial charge in [0, 0.05) is 23.2 Å². The summed E-state index contributed by atoms with van der Waals surface area (Å²) in [6.45, 7) is -0.778. The Labute approximate surface area is 215 Å². The lowest BCUT2D eigenvalue weighted by molar-refractivity contribution is -0.0267. The standard InChI is InChI=1S/C25H21ClF3N7O/c1-37-20-10-16(6-9-19(20)36-13-30-23(26)34-36)31-24-32-21-17(14-2-4-15(27)5-3-14)7-8-18(21)22(33-24)35-11-25(28,29)12-35/h2-6,9-10,13,17H,7-8,11-12H2,1H3,(H,31,32,33). The second-order valence-electron chi connectivity index (χ2n) is 9.06. The van der Waals surface area contributed by atoms with Gasteiger partial charge in [-0.1, -0.05) is 12.1 Å². The molecule has 1 aliphatic carbocycles. The first kappa shape index (κ1) is 23.5. The van der Waals surface area contributed by atoms with Gasteiger partial charge >= 0.3 is 0 Å². The van der Waals surface area contributed by atoms with Crippen LogP contribution < -0.4 is 15.0 Å². The number of benzene rings is 2. The van der Waals surface area contributed by atoms with Gasteiger partial charge in [-0.3, -0.25) is 0 Å². The number of fused-ring (bicyclic) bond motifs is 1. The third kappa shape index (κ3) is 4.43. The van der Waals surface area contributed by atoms with E-state index in [-0.39, 0.29) is 36.1 Å². The molecule has 37 heavy (non-hydrogen) atoms. The lowest BCUT2D eigenvalue weighted by Gasteiger charge is -2.40. The first-order valence-electron chi connectivity index (χ1n) is 11.6. The topological polar surface area (TPSA) is 81.0 Å². The van der Waals surface area contributed by atoms with Crippen molar-refractivity contribution in [2.45, 2.75) is 24.7 Å². The van der Waals surface area contributed by atoms with E-state index >= 15 is 0 Å². The summed E-state index contributed by atoms with van der Waals surface area (Å²) in [6.07, 6.45) is 2.86. The molecule has 0 spiro atoms. The van der Waals surface area contributed by atoms with Crippen LogP contribution in [0.2, 0.25) is 5.28 Å². The highest BCUT2D eigenvalue weighted by atomic mass is 35.5. The number of methoxy groups -OCH3 is 1. The van der Waals surface area contributed by atoms with E-state index in [0.29, 0.717) is 29.4 Å². The van der Waals surface area contributed by atoms with Crippen LogP contribution >= 0.6 is 11.6 Å². The Morgan fingerprint density at radius 3 is 2.57 bits per heavy atom. The van der Waals surface area contributed by atoms with Crippen LogP contribution in [0.4, 0.5) is 30.6 Å². The Morgan fingerprint density at radius 1 is 1.11 bits per heavy atom. The van der Waals surface area contributed by atoms with E-state index in [1.807, 2.05) is 0 Å². The molecule has 190 valence electrons. The number of anilines is 3. The summed E-state index contributed by atoms with van der Waals surface area (Å²) < 4.78 is 48.0. The van der Waals surface area contributed by atoms with Crippen molar-refractivity contribution < 1.29 is 17.9 Å². The van der Waals surface area contributed by atoms with Gasteiger partial charge in [-0.15, -0.1) is 5.10 Å². The SMILES string of the molecule is COc1cc(Nc2nc3c(c(N4CC(F)(F)C4)n2)CCC3c2ccc(F)cc2)ccc1-n1cnc(Cl)n1. The average molecular weight is 528 g/mol. The summed E-state index contributed by atoms with van der Waals surface area (Å²) in [6, 6.07) is 11.6. The molecule has 0 amide bonds. The highest BCUT2D eigenvalue weighted by molar-refractivity contribution is 6.28. The van der Waals surface area contributed by atoms with E-state index < -0.39 is 5.92 Å². The van der Waals surface area contributed by atoms with Gasteiger partial charge < -0.3 is 15.0 Å². The van der Waals surface area contributed by atoms with Crippen LogP contribution in [0.15, 0.2) is 48.8 Å². The van der Waals surface area contributed by atoms with E-state index in [1.165, 1.54) is 30.3 Å². The molecule has 0 bridgehead atoms. The predicted molar refractivity (Wildman–Crippen MR) is 132 cm³/mol. The van der Waals surface area contributed by atoms with E-state index in [2.05, 4.69) is 20.4 Å². The van der Waals surface area contributed by atoms with Crippen LogP contribution in [0.5, 0.6) is 5.75 Å². The number of nitrogens with one attached hydrogen (secondary N) is 1. The summed E-state index contributed by atoms with van der Waals surface area (Å²) in [5, 5.41) is 7.40. The number of halogens is 4. The molecule has 12 heteroatoms. The van der Waals surface area contributed by atoms with Gasteiger partial charge in [0.2, 0.25) is 11.2 Å². The quantitative estimate of drug-likeness (QED) is 0.372. The van der Waals surface area contributed by atoms with E-state index in [0.717, 1.165) is 23.2 Å². The third-order valence-electron chi connectivity index (χ3n) is 6.59. The smallest absolute Gasteiger partial charge is 0.282 e. The lowest BCUT2D eigenvalue weighted by atomic mass is 9.96. The fourth-order valence-electron chi connectivity index (χ4n) is 4.87. The molecule has 3 heterocycles. The Kier molecular flexibility index (Phi) is 5.67. The Balaban J connectivity index is 1.37. The summed E-state index contributed by atoms with van der Waals surface area (Å²) in [5.41, 5.74) is 3.79. The number of hydrogen-bond acceptors (Lipinski definition) is 7. The first-order chi connectivity index (χ1) is 17.8. The molecule has 1 saturated heterocycles. The van der Waals surface area contributed by atoms with E-state index in [4.69, 9.17) is 21.3 Å². The van der Waals surface area contributed by atoms with Crippen molar-refractivity contribution in [1.29, 1.82) is 0 Å². The van der Waals surface area contributed by atoms with Gasteiger partial charge in [0.05, 0.1) is 25.9 Å². The molecule has 0 radical (unpaired) electrons. The van der Waals surface area contributed by atoms with Crippen molar-refractivity contribution in [2.24, 2.45) is 0 Å². The fourth-order valence-corrected chi connectivity index (χ4v) is 5.00. The highest BCUT2D eigenvalue weighted by Crippen LogP contribution is 2.43. The molecule has 2 aliphatic rings. The highest BCUT2D eigenvalue weighted by Gasteiger charge is 2.46. The number of aromatic nitrogens is 5. The monoisotopic (exact) mass is 527 g/mol. The molecule has 1 fully saturated rings. The van der Waals surface area contributed by atoms with Gasteiger partial charge in [-0.2, -0.15) is 4.98 Å². The van der Waals surface area contributed by atoms with Crippen LogP contribution in [0, 0.1) is 5.82 Å². The minimum absolute atomic E-state index is 0.0892. The largest absolute Gasteiger partial charge is 0.494 e. The van der Waals surface area contributed by atoms with Crippen LogP contribution in [-0.4, -0.2) is 50.9 Å². The molecule has 1 atom stereocenters. The minimum atomic E-state index is -2.74. The summed E-state index contributed by atoms with van der Waals surface area (Å²) in [4.78, 5) is 14.9. The van der Waals surface area contributed by atoms with E-state index in [1.54, 1.807) is 35.2 Å². The minimum Gasteiger partial charge on any atom is -0.494 e. The molecular formula is C25H21ClF3N7O. The van der Waals surface area contributed by atoms with Gasteiger partial charge in [0.1, 0.15) is 29.4 Å². The molecule has 1 unspecified atom stereocenters. The molecule has 1 N–H and O–H groups in total. The Morgan fingerprint density at radius 2 is 1.89 bits per heavy atom. The summed E-state index contributed by atoms with van der Waals surface area (Å²) in [5.74, 6) is -1.87. The lowest BCUT2D eigenvalue weighted by Crippen LogP contribution is -2.57. The summed E-state index contributed by atoms with van der Waals surface area (Å²) >= 11 is 5.85. The van der Waals surface area contributed by atoms with Crippen LogP contribution in [0.3, 0.4) is 0 Å². The molecule has 4 aromatic rings. The zero-order valence-electron chi connectivity index (χ0n) is 19.6. The molecule has 0 saturated carbocycles. The van der Waals surface area contributed by atoms with Gasteiger partial charge in [0.15, 0.2) is 0 Å². The molecular weight excluding hydrogens is 507 g/mol. The average Bonchev–Trinajstić information content (AvgIpc) is 3.49. The number of hydrogen-bond donors (Lipinski definition) is 1. The van der Waals surface area contributed by atoms with Crippen molar-refractivity contribution in [3.8, 4) is 11.4 Å². The molecule has 8 nitrogen and oxygen atoms in total. The van der Waals surface area contributed by atoms with Gasteiger partial charge in [-0.05, 0) is 54.3 Å². The van der Waals surface area contributed by atoms with E-state index in [9.17, 15) is 13.2 Å².